The van der Waals surface area contributed by atoms with Crippen molar-refractivity contribution < 1.29 is 34.2 Å². The van der Waals surface area contributed by atoms with Crippen LogP contribution in [0.15, 0.2) is 0 Å². The molecular formula is C16H28N4O7S2. The molecule has 11 nitrogen and oxygen atoms in total. The molecule has 13 heteroatoms. The highest BCUT2D eigenvalue weighted by Crippen LogP contribution is 2.06. The Morgan fingerprint density at radius 1 is 0.828 bits per heavy atom. The topological polar surface area (TPSA) is 188 Å². The zero-order chi connectivity index (χ0) is 22.7. The summed E-state index contributed by atoms with van der Waals surface area (Å²) < 4.78 is 0. The third-order valence-electron chi connectivity index (χ3n) is 3.68. The molecule has 7 N–H and O–H groups in total. The number of carbonyl (C=O) groups excluding carboxylic acids is 3. The number of hydrogen-bond donors (Lipinski definition) is 8. The van der Waals surface area contributed by atoms with Gasteiger partial charge in [-0.3, -0.25) is 19.2 Å². The van der Waals surface area contributed by atoms with Gasteiger partial charge in [0.25, 0.3) is 0 Å². The van der Waals surface area contributed by atoms with Gasteiger partial charge in [-0.2, -0.15) is 25.3 Å². The van der Waals surface area contributed by atoms with Gasteiger partial charge in [0, 0.05) is 11.5 Å². The largest absolute Gasteiger partial charge is 0.481 e. The van der Waals surface area contributed by atoms with E-state index in [1.54, 1.807) is 0 Å². The first-order valence-corrected chi connectivity index (χ1v) is 10.0. The highest BCUT2D eigenvalue weighted by molar-refractivity contribution is 7.80. The number of carbonyl (C=O) groups is 5. The van der Waals surface area contributed by atoms with Crippen molar-refractivity contribution in [1.29, 1.82) is 0 Å². The molecule has 0 aliphatic carbocycles. The molecule has 29 heavy (non-hydrogen) atoms. The van der Waals surface area contributed by atoms with E-state index in [0.29, 0.717) is 0 Å². The van der Waals surface area contributed by atoms with Crippen LogP contribution in [0.4, 0.5) is 0 Å². The molecule has 0 aromatic carbocycles. The van der Waals surface area contributed by atoms with Gasteiger partial charge < -0.3 is 31.9 Å². The van der Waals surface area contributed by atoms with Gasteiger partial charge in [0.15, 0.2) is 0 Å². The van der Waals surface area contributed by atoms with Gasteiger partial charge in [0.05, 0.1) is 12.5 Å². The zero-order valence-electron chi connectivity index (χ0n) is 16.1. The maximum Gasteiger partial charge on any atom is 0.326 e. The normalized spacial score (nSPS) is 15.0. The lowest BCUT2D eigenvalue weighted by Gasteiger charge is -2.25. The molecule has 0 rings (SSSR count). The van der Waals surface area contributed by atoms with Gasteiger partial charge in [0.1, 0.15) is 18.1 Å². The molecule has 0 bridgehead atoms. The summed E-state index contributed by atoms with van der Waals surface area (Å²) in [5.41, 5.74) is 5.59. The average molecular weight is 453 g/mol. The zero-order valence-corrected chi connectivity index (χ0v) is 17.9. The summed E-state index contributed by atoms with van der Waals surface area (Å²) in [6.45, 7) is 3.66. The Morgan fingerprint density at radius 2 is 1.31 bits per heavy atom. The number of carboxylic acid groups (broad SMARTS) is 2. The van der Waals surface area contributed by atoms with E-state index in [1.165, 1.54) is 0 Å². The second-order valence-electron chi connectivity index (χ2n) is 6.72. The first-order chi connectivity index (χ1) is 13.4. The number of aliphatic carboxylic acids is 2. The summed E-state index contributed by atoms with van der Waals surface area (Å²) in [6.07, 6.45) is -0.573. The van der Waals surface area contributed by atoms with Crippen molar-refractivity contribution in [3.05, 3.63) is 0 Å². The molecule has 4 unspecified atom stereocenters. The van der Waals surface area contributed by atoms with Crippen LogP contribution in [-0.4, -0.2) is 75.5 Å². The fraction of sp³-hybridized carbons (Fsp3) is 0.688. The van der Waals surface area contributed by atoms with Crippen LogP contribution in [0.3, 0.4) is 0 Å². The number of rotatable bonds is 13. The third-order valence-corrected chi connectivity index (χ3v) is 4.44. The van der Waals surface area contributed by atoms with E-state index in [2.05, 4.69) is 41.2 Å². The van der Waals surface area contributed by atoms with Gasteiger partial charge in [-0.05, 0) is 12.3 Å². The Morgan fingerprint density at radius 3 is 1.72 bits per heavy atom. The molecule has 0 heterocycles. The quantitative estimate of drug-likeness (QED) is 0.151. The van der Waals surface area contributed by atoms with Crippen LogP contribution in [-0.2, 0) is 24.0 Å². The van der Waals surface area contributed by atoms with Gasteiger partial charge >= 0.3 is 11.9 Å². The lowest BCUT2D eigenvalue weighted by molar-refractivity contribution is -0.147. The maximum atomic E-state index is 12.6. The highest BCUT2D eigenvalue weighted by atomic mass is 32.1. The van der Waals surface area contributed by atoms with Crippen molar-refractivity contribution in [3.8, 4) is 0 Å². The van der Waals surface area contributed by atoms with Crippen molar-refractivity contribution in [3.63, 3.8) is 0 Å². The SMILES string of the molecule is CC(C)CC(NC(=O)C(N)CS)C(=O)NC(CS)C(=O)NC(CC(=O)O)C(=O)O. The van der Waals surface area contributed by atoms with Gasteiger partial charge in [-0.15, -0.1) is 0 Å². The van der Waals surface area contributed by atoms with Gasteiger partial charge in [-0.25, -0.2) is 4.79 Å². The monoisotopic (exact) mass is 452 g/mol. The van der Waals surface area contributed by atoms with E-state index in [-0.39, 0.29) is 23.8 Å². The summed E-state index contributed by atoms with van der Waals surface area (Å²) in [4.78, 5) is 58.7. The molecule has 3 amide bonds. The number of nitrogens with one attached hydrogen (secondary N) is 3. The minimum atomic E-state index is -1.67. The van der Waals surface area contributed by atoms with E-state index < -0.39 is 60.2 Å². The first-order valence-electron chi connectivity index (χ1n) is 8.75. The molecule has 0 aromatic heterocycles. The third kappa shape index (κ3) is 10.4. The predicted molar refractivity (Wildman–Crippen MR) is 111 cm³/mol. The second-order valence-corrected chi connectivity index (χ2v) is 7.45. The van der Waals surface area contributed by atoms with E-state index in [4.69, 9.17) is 15.9 Å². The summed E-state index contributed by atoms with van der Waals surface area (Å²) in [7, 11) is 0. The second kappa shape index (κ2) is 13.3. The smallest absolute Gasteiger partial charge is 0.326 e. The Kier molecular flexibility index (Phi) is 12.4. The van der Waals surface area contributed by atoms with E-state index in [9.17, 15) is 24.0 Å². The molecule has 0 aliphatic rings. The van der Waals surface area contributed by atoms with E-state index in [0.717, 1.165) is 0 Å². The van der Waals surface area contributed by atoms with E-state index >= 15 is 0 Å². The molecule has 0 aliphatic heterocycles. The van der Waals surface area contributed by atoms with E-state index in [1.807, 2.05) is 13.8 Å². The Hall–Kier alpha value is -1.99. The molecule has 166 valence electrons. The van der Waals surface area contributed by atoms with Crippen LogP contribution in [0, 0.1) is 5.92 Å². The number of thiol groups is 2. The van der Waals surface area contributed by atoms with Crippen LogP contribution in [0.25, 0.3) is 0 Å². The lowest BCUT2D eigenvalue weighted by Crippen LogP contribution is -2.58. The van der Waals surface area contributed by atoms with Crippen molar-refractivity contribution in [1.82, 2.24) is 16.0 Å². The molecule has 0 spiro atoms. The Bertz CT molecular complexity index is 618. The van der Waals surface area contributed by atoms with Crippen molar-refractivity contribution in [2.24, 2.45) is 11.7 Å². The van der Waals surface area contributed by atoms with Crippen LogP contribution in [0.5, 0.6) is 0 Å². The van der Waals surface area contributed by atoms with Crippen LogP contribution >= 0.6 is 25.3 Å². The lowest BCUT2D eigenvalue weighted by atomic mass is 10.0. The molecule has 0 radical (unpaired) electrons. The van der Waals surface area contributed by atoms with Crippen LogP contribution in [0.1, 0.15) is 26.7 Å². The molecule has 0 saturated heterocycles. The standard InChI is InChI=1S/C16H28N4O7S2/c1-7(2)3-9(18-13(23)8(17)5-28)14(24)20-11(6-29)15(25)19-10(16(26)27)4-12(21)22/h7-11,28-29H,3-6,17H2,1-2H3,(H,18,23)(H,19,25)(H,20,24)(H,21,22)(H,26,27). The minimum absolute atomic E-state index is 0.0218. The molecule has 4 atom stereocenters. The predicted octanol–water partition coefficient (Wildman–Crippen LogP) is -1.77. The first kappa shape index (κ1) is 27.0. The Balaban J connectivity index is 5.21. The van der Waals surface area contributed by atoms with Crippen LogP contribution in [0.2, 0.25) is 0 Å². The van der Waals surface area contributed by atoms with Crippen molar-refractivity contribution >= 4 is 54.9 Å². The van der Waals surface area contributed by atoms with Crippen LogP contribution < -0.4 is 21.7 Å². The molecule has 0 aromatic rings. The summed E-state index contributed by atoms with van der Waals surface area (Å²) in [5, 5.41) is 24.7. The summed E-state index contributed by atoms with van der Waals surface area (Å²) in [6, 6.07) is -4.82. The highest BCUT2D eigenvalue weighted by Gasteiger charge is 2.30. The number of nitrogens with two attached hydrogens (primary N) is 1. The maximum absolute atomic E-state index is 12.6. The Labute approximate surface area is 179 Å². The number of carboxylic acids is 2. The van der Waals surface area contributed by atoms with Gasteiger partial charge in [-0.1, -0.05) is 13.8 Å². The fourth-order valence-electron chi connectivity index (χ4n) is 2.18. The molecule has 0 fully saturated rings. The molecular weight excluding hydrogens is 424 g/mol. The number of hydrogen-bond acceptors (Lipinski definition) is 8. The van der Waals surface area contributed by atoms with Gasteiger partial charge in [0.2, 0.25) is 17.7 Å². The average Bonchev–Trinajstić information content (AvgIpc) is 2.62. The minimum Gasteiger partial charge on any atom is -0.481 e. The number of amides is 3. The van der Waals surface area contributed by atoms with Crippen molar-refractivity contribution in [2.45, 2.75) is 50.9 Å². The molecule has 0 saturated carbocycles. The fourth-order valence-corrected chi connectivity index (χ4v) is 2.60. The summed E-state index contributed by atoms with van der Waals surface area (Å²) in [5.74, 6) is -5.21. The summed E-state index contributed by atoms with van der Waals surface area (Å²) >= 11 is 7.90. The van der Waals surface area contributed by atoms with Crippen molar-refractivity contribution in [2.75, 3.05) is 11.5 Å².